The fraction of sp³-hybridized carbons (Fsp3) is 0.188. The molecule has 0 aliphatic rings. The fourth-order valence-electron chi connectivity index (χ4n) is 2.56. The molecule has 3 heterocycles. The van der Waals surface area contributed by atoms with Crippen LogP contribution in [0.25, 0.3) is 16.7 Å². The summed E-state index contributed by atoms with van der Waals surface area (Å²) >= 11 is 0. The van der Waals surface area contributed by atoms with E-state index in [0.29, 0.717) is 12.1 Å². The highest BCUT2D eigenvalue weighted by atomic mass is 19.1. The second kappa shape index (κ2) is 5.35. The number of nitrogens with one attached hydrogen (secondary N) is 2. The third kappa shape index (κ3) is 2.50. The van der Waals surface area contributed by atoms with Crippen LogP contribution < -0.4 is 5.32 Å². The molecule has 0 amide bonds. The van der Waals surface area contributed by atoms with E-state index in [1.165, 1.54) is 12.1 Å². The zero-order valence-electron chi connectivity index (χ0n) is 12.5. The van der Waals surface area contributed by atoms with Crippen molar-refractivity contribution in [1.29, 1.82) is 0 Å². The number of rotatable bonds is 4. The first-order valence-electron chi connectivity index (χ1n) is 7.44. The molecule has 0 saturated carbocycles. The number of benzene rings is 1. The third-order valence-corrected chi connectivity index (χ3v) is 3.70. The molecule has 116 valence electrons. The molecule has 2 N–H and O–H groups in total. The van der Waals surface area contributed by atoms with Gasteiger partial charge in [-0.1, -0.05) is 6.92 Å². The summed E-state index contributed by atoms with van der Waals surface area (Å²) < 4.78 is 15.0. The zero-order chi connectivity index (χ0) is 15.8. The van der Waals surface area contributed by atoms with Crippen LogP contribution in [0.4, 0.5) is 10.2 Å². The average molecular weight is 310 g/mol. The molecule has 0 aliphatic heterocycles. The second-order valence-electron chi connectivity index (χ2n) is 5.29. The molecule has 3 aromatic heterocycles. The first-order valence-corrected chi connectivity index (χ1v) is 7.44. The molecule has 0 bridgehead atoms. The minimum Gasteiger partial charge on any atom is -0.363 e. The molecule has 0 atom stereocenters. The van der Waals surface area contributed by atoms with Gasteiger partial charge in [0.1, 0.15) is 17.5 Å². The molecule has 0 aliphatic carbocycles. The molecule has 0 unspecified atom stereocenters. The van der Waals surface area contributed by atoms with Crippen LogP contribution in [-0.2, 0) is 13.0 Å². The quantitative estimate of drug-likeness (QED) is 0.608. The lowest BCUT2D eigenvalue weighted by Gasteiger charge is -2.08. The van der Waals surface area contributed by atoms with Crippen molar-refractivity contribution in [1.82, 2.24) is 24.6 Å². The predicted molar refractivity (Wildman–Crippen MR) is 85.7 cm³/mol. The van der Waals surface area contributed by atoms with Crippen molar-refractivity contribution >= 4 is 22.5 Å². The molecule has 0 saturated heterocycles. The van der Waals surface area contributed by atoms with Crippen LogP contribution in [0.3, 0.4) is 0 Å². The standard InChI is InChI=1S/C16H15FN6/c1-2-11-8-16(23-15(20-11)5-6-19-23)18-9-14-21-12-4-3-10(17)7-13(12)22-14/h3-8,18H,2,9H2,1H3,(H,21,22). The van der Waals surface area contributed by atoms with Crippen LogP contribution >= 0.6 is 0 Å². The number of hydrogen-bond acceptors (Lipinski definition) is 4. The van der Waals surface area contributed by atoms with Gasteiger partial charge in [0.05, 0.1) is 23.8 Å². The summed E-state index contributed by atoms with van der Waals surface area (Å²) in [5.74, 6) is 1.31. The highest BCUT2D eigenvalue weighted by Crippen LogP contribution is 2.16. The van der Waals surface area contributed by atoms with Gasteiger partial charge in [-0.25, -0.2) is 14.4 Å². The summed E-state index contributed by atoms with van der Waals surface area (Å²) in [5.41, 5.74) is 3.23. The van der Waals surface area contributed by atoms with E-state index in [1.807, 2.05) is 12.1 Å². The third-order valence-electron chi connectivity index (χ3n) is 3.70. The van der Waals surface area contributed by atoms with Crippen molar-refractivity contribution in [3.05, 3.63) is 53.9 Å². The largest absolute Gasteiger partial charge is 0.363 e. The normalized spacial score (nSPS) is 11.4. The van der Waals surface area contributed by atoms with E-state index in [2.05, 4.69) is 32.3 Å². The number of H-pyrrole nitrogens is 1. The molecule has 6 nitrogen and oxygen atoms in total. The number of aromatic nitrogens is 5. The first-order chi connectivity index (χ1) is 11.2. The Hall–Kier alpha value is -2.96. The maximum absolute atomic E-state index is 13.2. The average Bonchev–Trinajstić information content (AvgIpc) is 3.17. The Bertz CT molecular complexity index is 987. The van der Waals surface area contributed by atoms with Crippen molar-refractivity contribution in [2.45, 2.75) is 19.9 Å². The number of nitrogens with zero attached hydrogens (tertiary/aromatic N) is 4. The Labute approximate surface area is 131 Å². The van der Waals surface area contributed by atoms with E-state index in [1.54, 1.807) is 16.8 Å². The number of halogens is 1. The van der Waals surface area contributed by atoms with Gasteiger partial charge in [0.15, 0.2) is 5.65 Å². The number of aryl methyl sites for hydroxylation is 1. The summed E-state index contributed by atoms with van der Waals surface area (Å²) in [6, 6.07) is 8.36. The maximum atomic E-state index is 13.2. The van der Waals surface area contributed by atoms with Gasteiger partial charge in [-0.3, -0.25) is 0 Å². The van der Waals surface area contributed by atoms with Crippen molar-refractivity contribution < 1.29 is 4.39 Å². The van der Waals surface area contributed by atoms with Crippen LogP contribution in [0.15, 0.2) is 36.5 Å². The molecule has 0 radical (unpaired) electrons. The minimum absolute atomic E-state index is 0.277. The van der Waals surface area contributed by atoms with Crippen molar-refractivity contribution in [3.63, 3.8) is 0 Å². The fourth-order valence-corrected chi connectivity index (χ4v) is 2.56. The summed E-state index contributed by atoms with van der Waals surface area (Å²) in [4.78, 5) is 12.1. The van der Waals surface area contributed by atoms with E-state index in [-0.39, 0.29) is 5.82 Å². The molecular weight excluding hydrogens is 295 g/mol. The van der Waals surface area contributed by atoms with Crippen LogP contribution in [0.2, 0.25) is 0 Å². The Kier molecular flexibility index (Phi) is 3.18. The smallest absolute Gasteiger partial charge is 0.157 e. The van der Waals surface area contributed by atoms with Gasteiger partial charge in [-0.15, -0.1) is 0 Å². The Balaban J connectivity index is 1.63. The molecule has 0 spiro atoms. The lowest BCUT2D eigenvalue weighted by molar-refractivity contribution is 0.629. The van der Waals surface area contributed by atoms with Crippen molar-refractivity contribution in [2.24, 2.45) is 0 Å². The van der Waals surface area contributed by atoms with E-state index < -0.39 is 0 Å². The Morgan fingerprint density at radius 1 is 1.22 bits per heavy atom. The monoisotopic (exact) mass is 310 g/mol. The number of hydrogen-bond donors (Lipinski definition) is 2. The molecule has 23 heavy (non-hydrogen) atoms. The summed E-state index contributed by atoms with van der Waals surface area (Å²) in [6.07, 6.45) is 2.57. The van der Waals surface area contributed by atoms with Gasteiger partial charge in [0.2, 0.25) is 0 Å². The second-order valence-corrected chi connectivity index (χ2v) is 5.29. The maximum Gasteiger partial charge on any atom is 0.157 e. The number of imidazole rings is 1. The molecule has 0 fully saturated rings. The SMILES string of the molecule is CCc1cc(NCc2nc3ccc(F)cc3[nH]2)n2nccc2n1. The minimum atomic E-state index is -0.277. The van der Waals surface area contributed by atoms with Crippen molar-refractivity contribution in [3.8, 4) is 0 Å². The highest BCUT2D eigenvalue weighted by molar-refractivity contribution is 5.75. The number of anilines is 1. The van der Waals surface area contributed by atoms with Gasteiger partial charge < -0.3 is 10.3 Å². The Morgan fingerprint density at radius 3 is 3.00 bits per heavy atom. The molecule has 4 aromatic rings. The van der Waals surface area contributed by atoms with Gasteiger partial charge in [0.25, 0.3) is 0 Å². The lowest BCUT2D eigenvalue weighted by Crippen LogP contribution is -2.08. The molecule has 4 rings (SSSR count). The predicted octanol–water partition coefficient (Wildman–Crippen LogP) is 2.92. The molecule has 7 heteroatoms. The Morgan fingerprint density at radius 2 is 2.13 bits per heavy atom. The van der Waals surface area contributed by atoms with Crippen LogP contribution in [-0.4, -0.2) is 24.6 Å². The highest BCUT2D eigenvalue weighted by Gasteiger charge is 2.08. The molecule has 1 aromatic carbocycles. The lowest BCUT2D eigenvalue weighted by atomic mass is 10.3. The van der Waals surface area contributed by atoms with E-state index in [0.717, 1.165) is 34.9 Å². The molecular formula is C16H15FN6. The van der Waals surface area contributed by atoms with E-state index >= 15 is 0 Å². The van der Waals surface area contributed by atoms with Crippen LogP contribution in [0.1, 0.15) is 18.4 Å². The number of fused-ring (bicyclic) bond motifs is 2. The number of aromatic amines is 1. The summed E-state index contributed by atoms with van der Waals surface area (Å²) in [6.45, 7) is 2.55. The van der Waals surface area contributed by atoms with Gasteiger partial charge in [-0.05, 0) is 24.6 Å². The topological polar surface area (TPSA) is 70.9 Å². The summed E-state index contributed by atoms with van der Waals surface area (Å²) in [5, 5.41) is 7.59. The van der Waals surface area contributed by atoms with Crippen LogP contribution in [0, 0.1) is 5.82 Å². The van der Waals surface area contributed by atoms with Gasteiger partial charge in [0, 0.05) is 17.8 Å². The van der Waals surface area contributed by atoms with E-state index in [9.17, 15) is 4.39 Å². The van der Waals surface area contributed by atoms with Crippen molar-refractivity contribution in [2.75, 3.05) is 5.32 Å². The van der Waals surface area contributed by atoms with E-state index in [4.69, 9.17) is 0 Å². The van der Waals surface area contributed by atoms with Crippen LogP contribution in [0.5, 0.6) is 0 Å². The first kappa shape index (κ1) is 13.7. The van der Waals surface area contributed by atoms with Gasteiger partial charge >= 0.3 is 0 Å². The zero-order valence-corrected chi connectivity index (χ0v) is 12.5. The van der Waals surface area contributed by atoms with Gasteiger partial charge in [-0.2, -0.15) is 9.61 Å². The summed E-state index contributed by atoms with van der Waals surface area (Å²) in [7, 11) is 0.